The van der Waals surface area contributed by atoms with E-state index in [1.165, 1.54) is 0 Å². The van der Waals surface area contributed by atoms with Gasteiger partial charge in [0.2, 0.25) is 0 Å². The van der Waals surface area contributed by atoms with Gasteiger partial charge in [0.15, 0.2) is 0 Å². The number of benzene rings is 1. The number of carbonyl (C=O) groups is 1. The van der Waals surface area contributed by atoms with Crippen LogP contribution in [0.2, 0.25) is 0 Å². The van der Waals surface area contributed by atoms with Crippen LogP contribution in [-0.4, -0.2) is 18.5 Å². The van der Waals surface area contributed by atoms with Crippen LogP contribution in [0.3, 0.4) is 0 Å². The van der Waals surface area contributed by atoms with E-state index < -0.39 is 0 Å². The van der Waals surface area contributed by atoms with Crippen molar-refractivity contribution in [3.8, 4) is 0 Å². The van der Waals surface area contributed by atoms with Crippen LogP contribution in [0.1, 0.15) is 23.7 Å². The quantitative estimate of drug-likeness (QED) is 0.831. The fraction of sp³-hybridized carbons (Fsp3) is 0.364. The Morgan fingerprint density at radius 2 is 2.20 bits per heavy atom. The van der Waals surface area contributed by atoms with Crippen molar-refractivity contribution in [2.75, 3.05) is 6.54 Å². The van der Waals surface area contributed by atoms with Crippen molar-refractivity contribution in [2.24, 2.45) is 5.73 Å². The van der Waals surface area contributed by atoms with Gasteiger partial charge in [-0.05, 0) is 41.1 Å². The Kier molecular flexibility index (Phi) is 5.04. The first-order chi connectivity index (χ1) is 7.19. The maximum Gasteiger partial charge on any atom is 0.252 e. The molecule has 3 nitrogen and oxygen atoms in total. The van der Waals surface area contributed by atoms with Gasteiger partial charge in [0.1, 0.15) is 0 Å². The number of rotatable bonds is 4. The predicted octanol–water partition coefficient (Wildman–Crippen LogP) is 1.76. The molecular weight excluding hydrogens is 303 g/mol. The van der Waals surface area contributed by atoms with Crippen LogP contribution in [0.25, 0.3) is 0 Å². The third-order valence-electron chi connectivity index (χ3n) is 2.23. The second-order valence-corrected chi connectivity index (χ2v) is 4.46. The number of hydrogen-bond donors (Lipinski definition) is 2. The van der Waals surface area contributed by atoms with Gasteiger partial charge in [-0.3, -0.25) is 4.79 Å². The SMILES string of the molecule is CCC(CN)NC(=O)c1ccccc1I. The van der Waals surface area contributed by atoms with Gasteiger partial charge in [-0.25, -0.2) is 0 Å². The summed E-state index contributed by atoms with van der Waals surface area (Å²) in [5, 5.41) is 2.90. The molecule has 0 fully saturated rings. The summed E-state index contributed by atoms with van der Waals surface area (Å²) >= 11 is 2.15. The average molecular weight is 318 g/mol. The van der Waals surface area contributed by atoms with E-state index in [0.29, 0.717) is 12.1 Å². The Labute approximate surface area is 104 Å². The average Bonchev–Trinajstić information content (AvgIpc) is 2.26. The lowest BCUT2D eigenvalue weighted by Gasteiger charge is -2.15. The van der Waals surface area contributed by atoms with Crippen LogP contribution < -0.4 is 11.1 Å². The van der Waals surface area contributed by atoms with Crippen LogP contribution >= 0.6 is 22.6 Å². The normalized spacial score (nSPS) is 12.2. The van der Waals surface area contributed by atoms with E-state index in [9.17, 15) is 4.79 Å². The molecule has 1 atom stereocenters. The lowest BCUT2D eigenvalue weighted by Crippen LogP contribution is -2.39. The standard InChI is InChI=1S/C11H15IN2O/c1-2-8(7-13)14-11(15)9-5-3-4-6-10(9)12/h3-6,8H,2,7,13H2,1H3,(H,14,15). The Morgan fingerprint density at radius 3 is 2.73 bits per heavy atom. The molecule has 0 aliphatic rings. The van der Waals surface area contributed by atoms with Crippen molar-refractivity contribution in [3.05, 3.63) is 33.4 Å². The highest BCUT2D eigenvalue weighted by Gasteiger charge is 2.12. The van der Waals surface area contributed by atoms with Crippen molar-refractivity contribution in [2.45, 2.75) is 19.4 Å². The highest BCUT2D eigenvalue weighted by molar-refractivity contribution is 14.1. The highest BCUT2D eigenvalue weighted by atomic mass is 127. The van der Waals surface area contributed by atoms with E-state index in [4.69, 9.17) is 5.73 Å². The molecule has 3 N–H and O–H groups in total. The molecule has 0 bridgehead atoms. The second kappa shape index (κ2) is 6.07. The molecule has 82 valence electrons. The topological polar surface area (TPSA) is 55.1 Å². The number of carbonyl (C=O) groups excluding carboxylic acids is 1. The van der Waals surface area contributed by atoms with Crippen molar-refractivity contribution in [1.82, 2.24) is 5.32 Å². The fourth-order valence-corrected chi connectivity index (χ4v) is 1.87. The number of amides is 1. The Morgan fingerprint density at radius 1 is 1.53 bits per heavy atom. The molecule has 0 aliphatic carbocycles. The summed E-state index contributed by atoms with van der Waals surface area (Å²) in [5.41, 5.74) is 6.24. The molecule has 0 aliphatic heterocycles. The molecule has 0 spiro atoms. The summed E-state index contributed by atoms with van der Waals surface area (Å²) in [7, 11) is 0. The number of hydrogen-bond acceptors (Lipinski definition) is 2. The lowest BCUT2D eigenvalue weighted by molar-refractivity contribution is 0.0936. The number of nitrogens with two attached hydrogens (primary N) is 1. The molecule has 0 saturated carbocycles. The molecule has 0 heterocycles. The van der Waals surface area contributed by atoms with Gasteiger partial charge in [0, 0.05) is 16.2 Å². The van der Waals surface area contributed by atoms with Crippen LogP contribution in [0.15, 0.2) is 24.3 Å². The molecule has 1 aromatic rings. The first-order valence-electron chi connectivity index (χ1n) is 4.94. The minimum absolute atomic E-state index is 0.0442. The summed E-state index contributed by atoms with van der Waals surface area (Å²) in [6.07, 6.45) is 0.853. The second-order valence-electron chi connectivity index (χ2n) is 3.29. The lowest BCUT2D eigenvalue weighted by atomic mass is 10.1. The monoisotopic (exact) mass is 318 g/mol. The Hall–Kier alpha value is -0.620. The van der Waals surface area contributed by atoms with E-state index >= 15 is 0 Å². The van der Waals surface area contributed by atoms with Crippen molar-refractivity contribution < 1.29 is 4.79 Å². The van der Waals surface area contributed by atoms with Gasteiger partial charge in [-0.15, -0.1) is 0 Å². The van der Waals surface area contributed by atoms with E-state index in [1.807, 2.05) is 31.2 Å². The summed E-state index contributed by atoms with van der Waals surface area (Å²) in [5.74, 6) is -0.0442. The largest absolute Gasteiger partial charge is 0.348 e. The Bertz CT molecular complexity index is 337. The summed E-state index contributed by atoms with van der Waals surface area (Å²) in [6, 6.07) is 7.58. The smallest absolute Gasteiger partial charge is 0.252 e. The number of nitrogens with one attached hydrogen (secondary N) is 1. The highest BCUT2D eigenvalue weighted by Crippen LogP contribution is 2.11. The molecule has 0 aromatic heterocycles. The maximum atomic E-state index is 11.8. The van der Waals surface area contributed by atoms with Crippen LogP contribution in [0.4, 0.5) is 0 Å². The Balaban J connectivity index is 2.73. The van der Waals surface area contributed by atoms with E-state index in [-0.39, 0.29) is 11.9 Å². The van der Waals surface area contributed by atoms with Crippen LogP contribution in [0.5, 0.6) is 0 Å². The zero-order chi connectivity index (χ0) is 11.3. The van der Waals surface area contributed by atoms with Gasteiger partial charge in [-0.2, -0.15) is 0 Å². The summed E-state index contributed by atoms with van der Waals surface area (Å²) in [4.78, 5) is 11.8. The molecule has 1 amide bonds. The van der Waals surface area contributed by atoms with E-state index in [2.05, 4.69) is 27.9 Å². The molecule has 1 rings (SSSR count). The fourth-order valence-electron chi connectivity index (χ4n) is 1.24. The van der Waals surface area contributed by atoms with Crippen LogP contribution in [0, 0.1) is 3.57 Å². The molecule has 0 radical (unpaired) electrons. The first-order valence-corrected chi connectivity index (χ1v) is 6.02. The van der Waals surface area contributed by atoms with Gasteiger partial charge < -0.3 is 11.1 Å². The molecule has 1 unspecified atom stereocenters. The molecule has 0 saturated heterocycles. The van der Waals surface area contributed by atoms with Gasteiger partial charge in [0.05, 0.1) is 5.56 Å². The van der Waals surface area contributed by atoms with Gasteiger partial charge in [0.25, 0.3) is 5.91 Å². The maximum absolute atomic E-state index is 11.8. The predicted molar refractivity (Wildman–Crippen MR) is 69.8 cm³/mol. The van der Waals surface area contributed by atoms with Crippen molar-refractivity contribution in [3.63, 3.8) is 0 Å². The molecule has 15 heavy (non-hydrogen) atoms. The first kappa shape index (κ1) is 12.4. The minimum atomic E-state index is -0.0442. The van der Waals surface area contributed by atoms with Gasteiger partial charge in [-0.1, -0.05) is 19.1 Å². The number of halogens is 1. The van der Waals surface area contributed by atoms with E-state index in [0.717, 1.165) is 9.99 Å². The molecule has 4 heteroatoms. The summed E-state index contributed by atoms with van der Waals surface area (Å²) < 4.78 is 0.958. The third kappa shape index (κ3) is 3.46. The third-order valence-corrected chi connectivity index (χ3v) is 3.17. The van der Waals surface area contributed by atoms with Crippen molar-refractivity contribution >= 4 is 28.5 Å². The van der Waals surface area contributed by atoms with E-state index in [1.54, 1.807) is 0 Å². The summed E-state index contributed by atoms with van der Waals surface area (Å²) in [6.45, 7) is 2.49. The zero-order valence-corrected chi connectivity index (χ0v) is 10.8. The molecular formula is C11H15IN2O. The van der Waals surface area contributed by atoms with Crippen LogP contribution in [-0.2, 0) is 0 Å². The van der Waals surface area contributed by atoms with Crippen molar-refractivity contribution in [1.29, 1.82) is 0 Å². The zero-order valence-electron chi connectivity index (χ0n) is 8.66. The molecule has 1 aromatic carbocycles. The minimum Gasteiger partial charge on any atom is -0.348 e. The van der Waals surface area contributed by atoms with Gasteiger partial charge >= 0.3 is 0 Å².